The molecule has 2 aromatic rings. The van der Waals surface area contributed by atoms with Crippen molar-refractivity contribution in [3.05, 3.63) is 59.7 Å². The van der Waals surface area contributed by atoms with Crippen LogP contribution in [-0.2, 0) is 14.8 Å². The van der Waals surface area contributed by atoms with E-state index in [1.54, 1.807) is 41.3 Å². The van der Waals surface area contributed by atoms with E-state index in [-0.39, 0.29) is 42.5 Å². The van der Waals surface area contributed by atoms with Crippen LogP contribution in [0.3, 0.4) is 0 Å². The third kappa shape index (κ3) is 5.22. The van der Waals surface area contributed by atoms with Crippen LogP contribution in [0.1, 0.15) is 22.8 Å². The van der Waals surface area contributed by atoms with Crippen LogP contribution in [0.5, 0.6) is 5.75 Å². The van der Waals surface area contributed by atoms with Crippen molar-refractivity contribution in [1.82, 2.24) is 9.21 Å². The smallest absolute Gasteiger partial charge is 0.257 e. The molecule has 31 heavy (non-hydrogen) atoms. The summed E-state index contributed by atoms with van der Waals surface area (Å²) in [5, 5.41) is 9.23. The van der Waals surface area contributed by atoms with Gasteiger partial charge in [0.25, 0.3) is 5.91 Å². The molecule has 1 aliphatic rings. The van der Waals surface area contributed by atoms with Crippen LogP contribution in [0, 0.1) is 11.3 Å². The number of ether oxygens (including phenoxy) is 2. The summed E-state index contributed by atoms with van der Waals surface area (Å²) in [6.45, 7) is 4.07. The second-order valence-electron chi connectivity index (χ2n) is 6.85. The van der Waals surface area contributed by atoms with Crippen molar-refractivity contribution in [1.29, 1.82) is 5.26 Å². The van der Waals surface area contributed by atoms with Gasteiger partial charge in [-0.15, -0.1) is 0 Å². The Labute approximate surface area is 182 Å². The first-order valence-electron chi connectivity index (χ1n) is 10.1. The van der Waals surface area contributed by atoms with Crippen molar-refractivity contribution in [3.63, 3.8) is 0 Å². The number of nitriles is 1. The molecule has 0 aromatic heterocycles. The fourth-order valence-corrected chi connectivity index (χ4v) is 4.91. The highest BCUT2D eigenvalue weighted by atomic mass is 32.2. The third-order valence-corrected chi connectivity index (χ3v) is 6.91. The van der Waals surface area contributed by atoms with Gasteiger partial charge in [0, 0.05) is 32.8 Å². The number of hydrogen-bond donors (Lipinski definition) is 0. The van der Waals surface area contributed by atoms with Gasteiger partial charge in [0.2, 0.25) is 10.0 Å². The molecule has 0 atom stereocenters. The summed E-state index contributed by atoms with van der Waals surface area (Å²) in [7, 11) is -3.81. The van der Waals surface area contributed by atoms with Gasteiger partial charge in [0.1, 0.15) is 18.4 Å². The van der Waals surface area contributed by atoms with E-state index >= 15 is 0 Å². The average Bonchev–Trinajstić information content (AvgIpc) is 2.81. The molecular weight excluding hydrogens is 418 g/mol. The van der Waals surface area contributed by atoms with Crippen LogP contribution in [0.4, 0.5) is 0 Å². The van der Waals surface area contributed by atoms with Crippen LogP contribution in [0.15, 0.2) is 53.4 Å². The number of hydrogen-bond acceptors (Lipinski definition) is 6. The molecule has 0 unspecified atom stereocenters. The molecule has 0 aliphatic carbocycles. The van der Waals surface area contributed by atoms with Gasteiger partial charge in [-0.05, 0) is 31.2 Å². The predicted molar refractivity (Wildman–Crippen MR) is 114 cm³/mol. The fraction of sp³-hybridized carbons (Fsp3) is 0.364. The van der Waals surface area contributed by atoms with Crippen molar-refractivity contribution in [3.8, 4) is 11.8 Å². The molecule has 1 fully saturated rings. The Hall–Kier alpha value is -2.93. The summed E-state index contributed by atoms with van der Waals surface area (Å²) in [5.41, 5.74) is 0.546. The third-order valence-electron chi connectivity index (χ3n) is 4.96. The average molecular weight is 444 g/mol. The molecule has 1 heterocycles. The Morgan fingerprint density at radius 2 is 1.71 bits per heavy atom. The minimum atomic E-state index is -3.81. The van der Waals surface area contributed by atoms with Crippen molar-refractivity contribution in [2.24, 2.45) is 0 Å². The molecule has 164 valence electrons. The van der Waals surface area contributed by atoms with Gasteiger partial charge in [-0.1, -0.05) is 24.3 Å². The summed E-state index contributed by atoms with van der Waals surface area (Å²) in [6, 6.07) is 15.1. The zero-order valence-corrected chi connectivity index (χ0v) is 18.2. The van der Waals surface area contributed by atoms with E-state index in [2.05, 4.69) is 0 Å². The lowest BCUT2D eigenvalue weighted by molar-refractivity contribution is 0.0688. The van der Waals surface area contributed by atoms with E-state index in [1.165, 1.54) is 16.4 Å². The Morgan fingerprint density at radius 3 is 2.42 bits per heavy atom. The predicted octanol–water partition coefficient (Wildman–Crippen LogP) is 2.12. The lowest BCUT2D eigenvalue weighted by Gasteiger charge is -2.34. The van der Waals surface area contributed by atoms with Crippen molar-refractivity contribution in [2.45, 2.75) is 11.8 Å². The highest BCUT2D eigenvalue weighted by Gasteiger charge is 2.32. The highest BCUT2D eigenvalue weighted by Crippen LogP contribution is 2.24. The molecule has 2 aromatic carbocycles. The summed E-state index contributed by atoms with van der Waals surface area (Å²) >= 11 is 0. The van der Waals surface area contributed by atoms with E-state index in [9.17, 15) is 18.5 Å². The summed E-state index contributed by atoms with van der Waals surface area (Å²) in [5.74, 6) is 0.270. The van der Waals surface area contributed by atoms with Gasteiger partial charge in [0.05, 0.1) is 22.6 Å². The Bertz CT molecular complexity index is 1060. The van der Waals surface area contributed by atoms with Crippen molar-refractivity contribution < 1.29 is 22.7 Å². The molecule has 8 nitrogen and oxygen atoms in total. The van der Waals surface area contributed by atoms with Gasteiger partial charge < -0.3 is 14.4 Å². The number of para-hydroxylation sites is 1. The number of rotatable bonds is 8. The van der Waals surface area contributed by atoms with Crippen LogP contribution in [-0.4, -0.2) is 69.5 Å². The van der Waals surface area contributed by atoms with Crippen molar-refractivity contribution in [2.75, 3.05) is 46.0 Å². The fourth-order valence-electron chi connectivity index (χ4n) is 3.35. The zero-order valence-electron chi connectivity index (χ0n) is 17.4. The van der Waals surface area contributed by atoms with E-state index in [1.807, 2.05) is 13.0 Å². The molecule has 0 spiro atoms. The molecule has 0 N–H and O–H groups in total. The maximum absolute atomic E-state index is 13.0. The maximum Gasteiger partial charge on any atom is 0.257 e. The number of carbonyl (C=O) groups excluding carboxylic acids is 1. The molecule has 9 heteroatoms. The molecule has 0 bridgehead atoms. The number of piperazine rings is 1. The monoisotopic (exact) mass is 443 g/mol. The van der Waals surface area contributed by atoms with Crippen LogP contribution < -0.4 is 4.74 Å². The lowest BCUT2D eigenvalue weighted by atomic mass is 10.1. The second kappa shape index (κ2) is 10.4. The van der Waals surface area contributed by atoms with E-state index in [4.69, 9.17) is 9.47 Å². The second-order valence-corrected chi connectivity index (χ2v) is 8.75. The number of sulfonamides is 1. The van der Waals surface area contributed by atoms with Gasteiger partial charge in [0.15, 0.2) is 0 Å². The molecule has 3 rings (SSSR count). The number of nitrogens with zero attached hydrogens (tertiary/aromatic N) is 3. The summed E-state index contributed by atoms with van der Waals surface area (Å²) in [4.78, 5) is 14.6. The van der Waals surface area contributed by atoms with Crippen LogP contribution >= 0.6 is 0 Å². The topological polar surface area (TPSA) is 99.9 Å². The molecule has 0 saturated carbocycles. The van der Waals surface area contributed by atoms with Crippen LogP contribution in [0.2, 0.25) is 0 Å². The van der Waals surface area contributed by atoms with Gasteiger partial charge in [-0.2, -0.15) is 9.57 Å². The normalized spacial score (nSPS) is 14.8. The molecule has 0 radical (unpaired) electrons. The first-order valence-corrected chi connectivity index (χ1v) is 11.5. The maximum atomic E-state index is 13.0. The molecule has 1 aliphatic heterocycles. The van der Waals surface area contributed by atoms with E-state index < -0.39 is 10.0 Å². The van der Waals surface area contributed by atoms with Gasteiger partial charge in [-0.3, -0.25) is 4.79 Å². The summed E-state index contributed by atoms with van der Waals surface area (Å²) < 4.78 is 38.2. The first kappa shape index (κ1) is 22.7. The number of carbonyl (C=O) groups is 1. The Morgan fingerprint density at radius 1 is 1.03 bits per heavy atom. The van der Waals surface area contributed by atoms with E-state index in [0.29, 0.717) is 31.1 Å². The van der Waals surface area contributed by atoms with E-state index in [0.717, 1.165) is 0 Å². The molecule has 1 amide bonds. The minimum Gasteiger partial charge on any atom is -0.490 e. The van der Waals surface area contributed by atoms with Crippen LogP contribution in [0.25, 0.3) is 0 Å². The van der Waals surface area contributed by atoms with Gasteiger partial charge >= 0.3 is 0 Å². The van der Waals surface area contributed by atoms with Gasteiger partial charge in [-0.25, -0.2) is 8.42 Å². The Balaban J connectivity index is 1.67. The minimum absolute atomic E-state index is 0.00896. The van der Waals surface area contributed by atoms with Crippen molar-refractivity contribution >= 4 is 15.9 Å². The molecule has 1 saturated heterocycles. The largest absolute Gasteiger partial charge is 0.490 e. The lowest BCUT2D eigenvalue weighted by Crippen LogP contribution is -2.50. The number of benzene rings is 2. The zero-order chi connectivity index (χ0) is 22.3. The standard InChI is InChI=1S/C22H25N3O5S/c1-2-29-15-16-30-20-9-5-4-8-19(20)22(26)24-11-13-25(14-12-24)31(27,28)21-10-6-3-7-18(21)17-23/h3-10H,2,11-16H2,1H3. The Kier molecular flexibility index (Phi) is 7.63. The molecular formula is C22H25N3O5S. The first-order chi connectivity index (χ1) is 15.0. The SMILES string of the molecule is CCOCCOc1ccccc1C(=O)N1CCN(S(=O)(=O)c2ccccc2C#N)CC1. The quantitative estimate of drug-likeness (QED) is 0.580. The number of amides is 1. The highest BCUT2D eigenvalue weighted by molar-refractivity contribution is 7.89. The summed E-state index contributed by atoms with van der Waals surface area (Å²) in [6.07, 6.45) is 0.